The Morgan fingerprint density at radius 2 is 1.54 bits per heavy atom. The third-order valence-corrected chi connectivity index (χ3v) is 16.8. The van der Waals surface area contributed by atoms with Crippen molar-refractivity contribution < 1.29 is 9.69 Å². The van der Waals surface area contributed by atoms with Crippen LogP contribution in [-0.4, -0.2) is 155 Å². The zero-order valence-electron chi connectivity index (χ0n) is 50.0. The molecular formula is C64H98ClN10O2PS. The number of benzene rings is 3. The summed E-state index contributed by atoms with van der Waals surface area (Å²) in [7, 11) is 5.46. The van der Waals surface area contributed by atoms with E-state index in [0.29, 0.717) is 17.1 Å². The average molecular weight is 1140 g/mol. The maximum atomic E-state index is 11.5. The lowest BCUT2D eigenvalue weighted by Crippen LogP contribution is -2.46. The molecule has 3 heterocycles. The van der Waals surface area contributed by atoms with E-state index >= 15 is 0 Å². The average Bonchev–Trinajstić information content (AvgIpc) is 3.82. The van der Waals surface area contributed by atoms with Gasteiger partial charge in [0.05, 0.1) is 17.6 Å². The van der Waals surface area contributed by atoms with Gasteiger partial charge in [0.1, 0.15) is 13.0 Å². The highest BCUT2D eigenvalue weighted by Gasteiger charge is 2.21. The Bertz CT molecular complexity index is 2560. The molecule has 1 unspecified atom stereocenters. The minimum Gasteiger partial charge on any atom is -0.384 e. The summed E-state index contributed by atoms with van der Waals surface area (Å²) in [5.41, 5.74) is 8.60. The van der Waals surface area contributed by atoms with Gasteiger partial charge in [0.2, 0.25) is 0 Å². The number of aryl methyl sites for hydroxylation is 1. The molecule has 8 rings (SSSR count). The first-order chi connectivity index (χ1) is 38.1. The summed E-state index contributed by atoms with van der Waals surface area (Å²) in [5.74, 6) is 0.970. The third kappa shape index (κ3) is 25.6. The predicted octanol–water partition coefficient (Wildman–Crippen LogP) is 13.3. The molecule has 0 amide bonds. The summed E-state index contributed by atoms with van der Waals surface area (Å²) in [6.07, 6.45) is 27.0. The minimum absolute atomic E-state index is 0.300. The summed E-state index contributed by atoms with van der Waals surface area (Å²) in [4.78, 5) is 44.9. The zero-order chi connectivity index (χ0) is 58.0. The van der Waals surface area contributed by atoms with Crippen molar-refractivity contribution in [3.8, 4) is 11.3 Å². The minimum atomic E-state index is -2.85. The molecule has 0 bridgehead atoms. The Morgan fingerprint density at radius 1 is 0.899 bits per heavy atom. The van der Waals surface area contributed by atoms with Crippen molar-refractivity contribution >= 4 is 76.8 Å². The van der Waals surface area contributed by atoms with Gasteiger partial charge in [-0.2, -0.15) is 0 Å². The lowest BCUT2D eigenvalue weighted by molar-refractivity contribution is 0.111. The number of allylic oxidation sites excluding steroid dienone is 8. The highest BCUT2D eigenvalue weighted by molar-refractivity contribution is 8.03. The van der Waals surface area contributed by atoms with E-state index < -0.39 is 7.26 Å². The number of carbonyl (C=O) groups excluding carboxylic acids is 1. The van der Waals surface area contributed by atoms with Crippen molar-refractivity contribution in [1.82, 2.24) is 30.0 Å². The van der Waals surface area contributed by atoms with E-state index in [2.05, 4.69) is 153 Å². The first-order valence-electron chi connectivity index (χ1n) is 28.6. The monoisotopic (exact) mass is 1140 g/mol. The predicted molar refractivity (Wildman–Crippen MR) is 353 cm³/mol. The Kier molecular flexibility index (Phi) is 33.4. The zero-order valence-corrected chi connectivity index (χ0v) is 52.5. The molecule has 1 atom stereocenters. The van der Waals surface area contributed by atoms with Crippen molar-refractivity contribution in [1.29, 1.82) is 0 Å². The molecule has 2 aliphatic heterocycles. The molecule has 12 nitrogen and oxygen atoms in total. The van der Waals surface area contributed by atoms with Crippen LogP contribution in [-0.2, 0) is 0 Å². The first kappa shape index (κ1) is 68.3. The van der Waals surface area contributed by atoms with Gasteiger partial charge in [-0.15, -0.1) is 11.8 Å². The van der Waals surface area contributed by atoms with Crippen LogP contribution >= 0.6 is 30.6 Å². The van der Waals surface area contributed by atoms with Crippen LogP contribution in [0.5, 0.6) is 0 Å². The quantitative estimate of drug-likeness (QED) is 0.0431. The fraction of sp³-hybridized carbons (Fsp3) is 0.469. The number of thioether (sulfide) groups is 1. The standard InChI is InChI=1S/C41H45N6O2PS.C8H19N3.C5H9Cl.C4H11N.C4H8.C2H6/c1-30(2)40-41(44-34(29-48)28-43-40)32-10-9-11-36(27-32)47-23-21-46(22-24-47)35-16-14-33(15-17-35)45-50(4,49)37-18-19-39(31(3)26-37)42-20-25-51-38-12-7-5-6-8-13-38;1-9-3-4-11-7-5-10(2)6-8-11;1-3-5(6)4-2;1-4-5(2)3;1-2-4-3-1;1-2/h5-7,9-19,26-29,42,45,49H,1,4,8,20-25H2,2-3H3;9H,3-8H2,1-2H3;3H,4H2,1-2H3;4H2,1-3H3;1-4H2;1-2H3/b;;5-3+;;;. The number of carbonyl (C=O) groups is 1. The number of piperazine rings is 2. The van der Waals surface area contributed by atoms with Crippen LogP contribution < -0.4 is 30.8 Å². The summed E-state index contributed by atoms with van der Waals surface area (Å²) in [5, 5.41) is 11.8. The molecule has 15 heteroatoms. The SMILES string of the molecule is C/C=C(/Cl)CC.C1CCC1.C=C(C)c1ncc(C=O)nc1-c1cccc(N2CCN(c3ccc(NP(=C)(O)c4ccc(NCCSC5=CCC=CC=C5)c(C)c4)cc3)CC2)c1.CC.CCN(C)C.CNCCN1CCN(C)CC1. The van der Waals surface area contributed by atoms with Crippen LogP contribution in [0.15, 0.2) is 126 Å². The van der Waals surface area contributed by atoms with Crippen molar-refractivity contribution in [2.75, 3.05) is 133 Å². The van der Waals surface area contributed by atoms with Gasteiger partial charge in [-0.1, -0.05) is 120 Å². The van der Waals surface area contributed by atoms with E-state index in [9.17, 15) is 9.69 Å². The van der Waals surface area contributed by atoms with Crippen LogP contribution in [0, 0.1) is 6.92 Å². The smallest absolute Gasteiger partial charge is 0.170 e. The molecule has 1 saturated carbocycles. The van der Waals surface area contributed by atoms with Gasteiger partial charge in [-0.05, 0) is 140 Å². The highest BCUT2D eigenvalue weighted by Crippen LogP contribution is 2.40. The number of likely N-dealkylation sites (N-methyl/N-ethyl adjacent to an activating group) is 2. The van der Waals surface area contributed by atoms with Crippen molar-refractivity contribution in [2.24, 2.45) is 0 Å². The van der Waals surface area contributed by atoms with Crippen LogP contribution in [0.3, 0.4) is 0 Å². The number of hydrogen-bond donors (Lipinski definition) is 4. The Labute approximate surface area is 487 Å². The van der Waals surface area contributed by atoms with Crippen LogP contribution in [0.25, 0.3) is 16.8 Å². The molecule has 2 saturated heterocycles. The van der Waals surface area contributed by atoms with E-state index in [1.807, 2.05) is 102 Å². The fourth-order valence-electron chi connectivity index (χ4n) is 7.96. The number of anilines is 4. The van der Waals surface area contributed by atoms with E-state index in [-0.39, 0.29) is 0 Å². The second kappa shape index (κ2) is 38.7. The second-order valence-electron chi connectivity index (χ2n) is 19.9. The normalized spacial score (nSPS) is 15.9. The van der Waals surface area contributed by atoms with Gasteiger partial charge in [0.15, 0.2) is 6.29 Å². The maximum Gasteiger partial charge on any atom is 0.170 e. The first-order valence-corrected chi connectivity index (χ1v) is 31.8. The molecule has 4 aliphatic rings. The van der Waals surface area contributed by atoms with Crippen molar-refractivity contribution in [3.63, 3.8) is 0 Å². The molecule has 3 aromatic carbocycles. The van der Waals surface area contributed by atoms with E-state index in [1.54, 1.807) is 0 Å². The van der Waals surface area contributed by atoms with Crippen LogP contribution in [0.1, 0.15) is 102 Å². The summed E-state index contributed by atoms with van der Waals surface area (Å²) in [6.45, 7) is 30.8. The number of nitrogens with one attached hydrogen (secondary N) is 3. The Morgan fingerprint density at radius 3 is 2.09 bits per heavy atom. The van der Waals surface area contributed by atoms with Crippen molar-refractivity contribution in [2.45, 2.75) is 87.0 Å². The molecule has 0 spiro atoms. The van der Waals surface area contributed by atoms with Crippen molar-refractivity contribution in [3.05, 3.63) is 143 Å². The van der Waals surface area contributed by atoms with Gasteiger partial charge in [0, 0.05) is 121 Å². The molecule has 1 aromatic heterocycles. The third-order valence-electron chi connectivity index (χ3n) is 13.5. The number of aromatic nitrogens is 2. The molecular weight excluding hydrogens is 1040 g/mol. The molecule has 0 radical (unpaired) electrons. The summed E-state index contributed by atoms with van der Waals surface area (Å²) < 4.78 is 0. The number of rotatable bonds is 18. The topological polar surface area (TPSA) is 115 Å². The van der Waals surface area contributed by atoms with E-state index in [0.717, 1.165) is 120 Å². The van der Waals surface area contributed by atoms with Gasteiger partial charge >= 0.3 is 0 Å². The number of halogens is 1. The van der Waals surface area contributed by atoms with E-state index in [1.165, 1.54) is 69.5 Å². The molecule has 434 valence electrons. The number of aldehydes is 1. The van der Waals surface area contributed by atoms with Crippen LogP contribution in [0.2, 0.25) is 0 Å². The van der Waals surface area contributed by atoms with Gasteiger partial charge in [-0.25, -0.2) is 4.98 Å². The molecule has 79 heavy (non-hydrogen) atoms. The molecule has 2 aliphatic carbocycles. The lowest BCUT2D eigenvalue weighted by Gasteiger charge is -2.37. The van der Waals surface area contributed by atoms with Gasteiger partial charge < -0.3 is 40.2 Å². The largest absolute Gasteiger partial charge is 0.384 e. The summed E-state index contributed by atoms with van der Waals surface area (Å²) in [6, 6.07) is 22.5. The lowest BCUT2D eigenvalue weighted by atomic mass is 10.0. The second-order valence-corrected chi connectivity index (χ2v) is 23.8. The summed E-state index contributed by atoms with van der Waals surface area (Å²) >= 11 is 7.36. The van der Waals surface area contributed by atoms with Crippen LogP contribution in [0.4, 0.5) is 22.7 Å². The number of hydrogen-bond acceptors (Lipinski definition) is 13. The Hall–Kier alpha value is -4.95. The maximum absolute atomic E-state index is 11.5. The van der Waals surface area contributed by atoms with Gasteiger partial charge in [-0.3, -0.25) is 14.7 Å². The molecule has 4 aromatic rings. The van der Waals surface area contributed by atoms with E-state index in [4.69, 9.17) is 11.6 Å². The Balaban J connectivity index is 0.000000476. The highest BCUT2D eigenvalue weighted by atomic mass is 35.5. The van der Waals surface area contributed by atoms with Gasteiger partial charge in [0.25, 0.3) is 0 Å². The molecule has 3 fully saturated rings. The molecule has 4 N–H and O–H groups in total. The fourth-order valence-corrected chi connectivity index (χ4v) is 10.2. The number of nitrogens with zero attached hydrogens (tertiary/aromatic N) is 7.